The molecule has 7 nitrogen and oxygen atoms in total. The van der Waals surface area contributed by atoms with E-state index < -0.39 is 28.7 Å². The summed E-state index contributed by atoms with van der Waals surface area (Å²) in [5.74, 6) is -1.68. The molecule has 0 bridgehead atoms. The van der Waals surface area contributed by atoms with E-state index in [1.165, 1.54) is 0 Å². The highest BCUT2D eigenvalue weighted by molar-refractivity contribution is 8.02. The van der Waals surface area contributed by atoms with E-state index in [1.54, 1.807) is 28.5 Å². The van der Waals surface area contributed by atoms with Crippen molar-refractivity contribution >= 4 is 29.5 Å². The zero-order chi connectivity index (χ0) is 27.1. The number of aliphatic hydroxyl groups is 1. The zero-order valence-corrected chi connectivity index (χ0v) is 22.7. The van der Waals surface area contributed by atoms with E-state index in [9.17, 15) is 19.5 Å². The van der Waals surface area contributed by atoms with Crippen LogP contribution in [-0.4, -0.2) is 79.3 Å². The van der Waals surface area contributed by atoms with E-state index in [-0.39, 0.29) is 29.6 Å². The van der Waals surface area contributed by atoms with Gasteiger partial charge in [-0.1, -0.05) is 85.0 Å². The van der Waals surface area contributed by atoms with Gasteiger partial charge in [-0.05, 0) is 18.1 Å². The molecule has 2 aromatic rings. The second-order valence-corrected chi connectivity index (χ2v) is 12.3. The molecule has 8 heteroatoms. The lowest BCUT2D eigenvalue weighted by molar-refractivity contribution is -0.146. The summed E-state index contributed by atoms with van der Waals surface area (Å²) >= 11 is 1.57. The second-order valence-electron chi connectivity index (χ2n) is 10.9. The first-order valence-corrected chi connectivity index (χ1v) is 14.4. The van der Waals surface area contributed by atoms with Crippen LogP contribution in [0.15, 0.2) is 85.0 Å². The highest BCUT2D eigenvalue weighted by atomic mass is 32.2. The highest BCUT2D eigenvalue weighted by Crippen LogP contribution is 2.61. The maximum absolute atomic E-state index is 14.3. The van der Waals surface area contributed by atoms with Gasteiger partial charge in [-0.3, -0.25) is 14.4 Å². The van der Waals surface area contributed by atoms with Gasteiger partial charge in [0.15, 0.2) is 0 Å². The highest BCUT2D eigenvalue weighted by Gasteiger charge is 2.71. The Labute approximate surface area is 233 Å². The molecule has 1 N–H and O–H groups in total. The average molecular weight is 544 g/mol. The van der Waals surface area contributed by atoms with Gasteiger partial charge in [-0.2, -0.15) is 0 Å². The van der Waals surface area contributed by atoms with Gasteiger partial charge in [0.05, 0.1) is 29.2 Å². The van der Waals surface area contributed by atoms with Crippen LogP contribution in [0.2, 0.25) is 0 Å². The monoisotopic (exact) mass is 543 g/mol. The third-order valence-corrected chi connectivity index (χ3v) is 10.2. The largest absolute Gasteiger partial charge is 0.394 e. The van der Waals surface area contributed by atoms with Crippen LogP contribution in [0.1, 0.15) is 18.1 Å². The van der Waals surface area contributed by atoms with E-state index in [2.05, 4.69) is 6.08 Å². The maximum atomic E-state index is 14.3. The Balaban J connectivity index is 1.38. The summed E-state index contributed by atoms with van der Waals surface area (Å²) < 4.78 is -0.881. The van der Waals surface area contributed by atoms with Crippen LogP contribution < -0.4 is 0 Å². The average Bonchev–Trinajstić information content (AvgIpc) is 3.29. The standard InChI is InChI=1S/C31H33N3O4S/c1-21(20-35)34-27-30(38)33(19-23-12-6-3-7-13-23)17-9-15-31(27)26(29(34)37)25-24(39-31)14-8-16-32(28(25)36)18-22-10-4-2-5-11-22/h2-15,21,24-27,35H,16-20H2,1H3/t21-,24-,25+,26+,27?,31+/m1/s1. The number of carbonyl (C=O) groups excluding carboxylic acids is 3. The fourth-order valence-corrected chi connectivity index (χ4v) is 8.62. The molecule has 4 heterocycles. The molecular formula is C31H33N3O4S. The molecule has 4 aliphatic rings. The molecule has 6 atom stereocenters. The molecule has 0 saturated carbocycles. The van der Waals surface area contributed by atoms with Crippen LogP contribution in [0.5, 0.6) is 0 Å². The van der Waals surface area contributed by atoms with Gasteiger partial charge in [0.25, 0.3) is 0 Å². The third kappa shape index (κ3) is 4.30. The third-order valence-electron chi connectivity index (χ3n) is 8.44. The predicted octanol–water partition coefficient (Wildman–Crippen LogP) is 2.86. The molecule has 39 heavy (non-hydrogen) atoms. The lowest BCUT2D eigenvalue weighted by Gasteiger charge is -2.37. The number of carbonyl (C=O) groups is 3. The minimum Gasteiger partial charge on any atom is -0.394 e. The number of amides is 3. The Kier molecular flexibility index (Phi) is 6.85. The molecule has 3 amide bonds. The summed E-state index contributed by atoms with van der Waals surface area (Å²) in [6.45, 7) is 3.31. The van der Waals surface area contributed by atoms with Gasteiger partial charge in [-0.15, -0.1) is 11.8 Å². The van der Waals surface area contributed by atoms with Crippen molar-refractivity contribution in [3.05, 3.63) is 96.1 Å². The first-order valence-electron chi connectivity index (χ1n) is 13.5. The molecule has 4 aliphatic heterocycles. The van der Waals surface area contributed by atoms with Gasteiger partial charge >= 0.3 is 0 Å². The van der Waals surface area contributed by atoms with E-state index in [0.717, 1.165) is 11.1 Å². The van der Waals surface area contributed by atoms with Crippen molar-refractivity contribution < 1.29 is 19.5 Å². The van der Waals surface area contributed by atoms with E-state index in [1.807, 2.05) is 83.8 Å². The van der Waals surface area contributed by atoms with E-state index in [0.29, 0.717) is 26.2 Å². The Morgan fingerprint density at radius 3 is 2.08 bits per heavy atom. The van der Waals surface area contributed by atoms with E-state index >= 15 is 0 Å². The van der Waals surface area contributed by atoms with Crippen LogP contribution in [0, 0.1) is 11.8 Å². The van der Waals surface area contributed by atoms with Gasteiger partial charge < -0.3 is 19.8 Å². The number of benzene rings is 2. The normalized spacial score (nSPS) is 30.6. The summed E-state index contributed by atoms with van der Waals surface area (Å²) in [6, 6.07) is 18.3. The number of likely N-dealkylation sites (tertiary alicyclic amines) is 1. The van der Waals surface area contributed by atoms with Gasteiger partial charge in [-0.25, -0.2) is 0 Å². The minimum atomic E-state index is -0.881. The predicted molar refractivity (Wildman–Crippen MR) is 150 cm³/mol. The summed E-state index contributed by atoms with van der Waals surface area (Å²) in [7, 11) is 0. The molecule has 0 aliphatic carbocycles. The molecule has 1 unspecified atom stereocenters. The van der Waals surface area contributed by atoms with Crippen LogP contribution in [-0.2, 0) is 27.5 Å². The first kappa shape index (κ1) is 25.9. The molecule has 1 spiro atoms. The summed E-state index contributed by atoms with van der Waals surface area (Å²) in [5.41, 5.74) is 2.04. The fourth-order valence-electron chi connectivity index (χ4n) is 6.63. The number of hydrogen-bond donors (Lipinski definition) is 1. The molecule has 2 saturated heterocycles. The van der Waals surface area contributed by atoms with Gasteiger partial charge in [0, 0.05) is 31.4 Å². The topological polar surface area (TPSA) is 81.2 Å². The number of nitrogens with zero attached hydrogens (tertiary/aromatic N) is 3. The Hall–Kier alpha value is -3.36. The first-order chi connectivity index (χ1) is 18.9. The molecular weight excluding hydrogens is 510 g/mol. The molecule has 6 rings (SSSR count). The minimum absolute atomic E-state index is 0.0555. The van der Waals surface area contributed by atoms with Crippen LogP contribution >= 0.6 is 11.8 Å². The Morgan fingerprint density at radius 2 is 1.46 bits per heavy atom. The summed E-state index contributed by atoms with van der Waals surface area (Å²) in [6.07, 6.45) is 8.09. The molecule has 0 aromatic heterocycles. The van der Waals surface area contributed by atoms with Crippen molar-refractivity contribution in [1.29, 1.82) is 0 Å². The number of rotatable bonds is 6. The summed E-state index contributed by atoms with van der Waals surface area (Å²) in [4.78, 5) is 47.9. The van der Waals surface area contributed by atoms with Crippen molar-refractivity contribution in [3.63, 3.8) is 0 Å². The molecule has 202 valence electrons. The molecule has 2 fully saturated rings. The van der Waals surface area contributed by atoms with Crippen molar-refractivity contribution in [3.8, 4) is 0 Å². The van der Waals surface area contributed by atoms with Crippen LogP contribution in [0.3, 0.4) is 0 Å². The Bertz CT molecular complexity index is 1320. The van der Waals surface area contributed by atoms with Crippen molar-refractivity contribution in [1.82, 2.24) is 14.7 Å². The van der Waals surface area contributed by atoms with Crippen molar-refractivity contribution in [2.45, 2.75) is 42.1 Å². The van der Waals surface area contributed by atoms with E-state index in [4.69, 9.17) is 0 Å². The lowest BCUT2D eigenvalue weighted by Crippen LogP contribution is -2.55. The maximum Gasteiger partial charge on any atom is 0.247 e. The lowest BCUT2D eigenvalue weighted by atomic mass is 9.78. The molecule has 0 radical (unpaired) electrons. The number of hydrogen-bond acceptors (Lipinski definition) is 5. The van der Waals surface area contributed by atoms with Crippen molar-refractivity contribution in [2.75, 3.05) is 19.7 Å². The quantitative estimate of drug-likeness (QED) is 0.567. The Morgan fingerprint density at radius 1 is 0.872 bits per heavy atom. The smallest absolute Gasteiger partial charge is 0.247 e. The van der Waals surface area contributed by atoms with Gasteiger partial charge in [0.2, 0.25) is 17.7 Å². The van der Waals surface area contributed by atoms with Gasteiger partial charge in [0.1, 0.15) is 6.04 Å². The van der Waals surface area contributed by atoms with Crippen LogP contribution in [0.4, 0.5) is 0 Å². The number of aliphatic hydroxyl groups excluding tert-OH is 1. The number of fused-ring (bicyclic) bond motifs is 2. The SMILES string of the molecule is C[C@H](CO)N1C(=O)[C@@H]2[C@H]3C(=O)N(Cc4ccccc4)CC=C[C@H]3S[C@@]23C=CCN(Cc2ccccc2)C(=O)C13. The number of thioether (sulfide) groups is 1. The zero-order valence-electron chi connectivity index (χ0n) is 21.9. The van der Waals surface area contributed by atoms with Crippen LogP contribution in [0.25, 0.3) is 0 Å². The fraction of sp³-hybridized carbons (Fsp3) is 0.387. The molecule has 2 aromatic carbocycles. The van der Waals surface area contributed by atoms with Crippen molar-refractivity contribution in [2.24, 2.45) is 11.8 Å². The summed E-state index contributed by atoms with van der Waals surface area (Å²) in [5, 5.41) is 9.92. The second kappa shape index (κ2) is 10.3.